The average Bonchev–Trinajstić information content (AvgIpc) is 2.67. The highest BCUT2D eigenvalue weighted by atomic mass is 32.2. The van der Waals surface area contributed by atoms with E-state index in [-0.39, 0.29) is 32.7 Å². The van der Waals surface area contributed by atoms with E-state index in [4.69, 9.17) is 0 Å². The molecule has 0 bridgehead atoms. The van der Waals surface area contributed by atoms with E-state index in [1.807, 2.05) is 6.07 Å². The van der Waals surface area contributed by atoms with Crippen LogP contribution in [0.1, 0.15) is 11.1 Å². The lowest BCUT2D eigenvalue weighted by atomic mass is 10.1. The Bertz CT molecular complexity index is 1410. The van der Waals surface area contributed by atoms with Gasteiger partial charge in [0.2, 0.25) is 0 Å². The van der Waals surface area contributed by atoms with Gasteiger partial charge >= 0.3 is 0 Å². The third-order valence-electron chi connectivity index (χ3n) is 4.13. The minimum absolute atomic E-state index is 0.114. The molecular formula is C19H16N4O6S2. The number of anilines is 4. The monoisotopic (exact) mass is 460 g/mol. The summed E-state index contributed by atoms with van der Waals surface area (Å²) in [6, 6.07) is 14.4. The molecule has 3 aromatic rings. The predicted octanol–water partition coefficient (Wildman–Crippen LogP) is 3.24. The fourth-order valence-corrected chi connectivity index (χ4v) is 3.77. The summed E-state index contributed by atoms with van der Waals surface area (Å²) in [5, 5.41) is 15.2. The number of aromatic nitrogens is 1. The van der Waals surface area contributed by atoms with Gasteiger partial charge < -0.3 is 10.6 Å². The summed E-state index contributed by atoms with van der Waals surface area (Å²) < 4.78 is 63.8. The smallest absolute Gasteiger partial charge is 0.294 e. The highest BCUT2D eigenvalue weighted by Gasteiger charge is 2.14. The molecule has 2 aromatic carbocycles. The molecule has 0 unspecified atom stereocenters. The Kier molecular flexibility index (Phi) is 5.96. The Morgan fingerprint density at radius 2 is 1.39 bits per heavy atom. The zero-order chi connectivity index (χ0) is 22.8. The predicted molar refractivity (Wildman–Crippen MR) is 113 cm³/mol. The first-order chi connectivity index (χ1) is 14.5. The van der Waals surface area contributed by atoms with E-state index < -0.39 is 20.2 Å². The van der Waals surface area contributed by atoms with E-state index in [1.165, 1.54) is 42.5 Å². The van der Waals surface area contributed by atoms with Crippen molar-refractivity contribution in [2.45, 2.75) is 16.7 Å². The van der Waals surface area contributed by atoms with E-state index in [0.717, 1.165) is 0 Å². The SMILES string of the molecule is Cc1cc(Nc2cccc(S(=O)(=O)O)c2)nc(Nc2cccc(S(=O)(=O)O)c2)c1C#N. The first kappa shape index (κ1) is 22.2. The van der Waals surface area contributed by atoms with E-state index in [0.29, 0.717) is 11.3 Å². The van der Waals surface area contributed by atoms with Crippen LogP contribution in [0.5, 0.6) is 0 Å². The van der Waals surface area contributed by atoms with Crippen molar-refractivity contribution in [3.05, 3.63) is 65.7 Å². The Morgan fingerprint density at radius 1 is 0.871 bits per heavy atom. The van der Waals surface area contributed by atoms with Crippen LogP contribution in [0.2, 0.25) is 0 Å². The van der Waals surface area contributed by atoms with Crippen LogP contribution in [0.15, 0.2) is 64.4 Å². The molecule has 0 atom stereocenters. The fourth-order valence-electron chi connectivity index (χ4n) is 2.72. The van der Waals surface area contributed by atoms with Gasteiger partial charge in [-0.25, -0.2) is 4.98 Å². The van der Waals surface area contributed by atoms with Crippen molar-refractivity contribution >= 4 is 43.2 Å². The molecule has 0 aliphatic carbocycles. The maximum absolute atomic E-state index is 11.4. The molecule has 1 aromatic heterocycles. The summed E-state index contributed by atoms with van der Waals surface area (Å²) >= 11 is 0. The molecule has 0 saturated heterocycles. The highest BCUT2D eigenvalue weighted by molar-refractivity contribution is 7.86. The maximum atomic E-state index is 11.4. The number of hydrogen-bond donors (Lipinski definition) is 4. The number of hydrogen-bond acceptors (Lipinski definition) is 8. The molecule has 4 N–H and O–H groups in total. The van der Waals surface area contributed by atoms with Gasteiger partial charge in [-0.1, -0.05) is 12.1 Å². The first-order valence-electron chi connectivity index (χ1n) is 8.58. The van der Waals surface area contributed by atoms with Crippen molar-refractivity contribution in [2.24, 2.45) is 0 Å². The molecule has 0 aliphatic rings. The third kappa shape index (κ3) is 5.36. The maximum Gasteiger partial charge on any atom is 0.294 e. The lowest BCUT2D eigenvalue weighted by Gasteiger charge is -2.14. The van der Waals surface area contributed by atoms with Crippen molar-refractivity contribution in [1.82, 2.24) is 4.98 Å². The normalized spacial score (nSPS) is 11.5. The van der Waals surface area contributed by atoms with Gasteiger partial charge in [0.25, 0.3) is 20.2 Å². The Labute approximate surface area is 178 Å². The van der Waals surface area contributed by atoms with E-state index in [1.54, 1.807) is 19.1 Å². The summed E-state index contributed by atoms with van der Waals surface area (Å²) in [6.07, 6.45) is 0. The lowest BCUT2D eigenvalue weighted by molar-refractivity contribution is 0.481. The Morgan fingerprint density at radius 3 is 1.87 bits per heavy atom. The van der Waals surface area contributed by atoms with Gasteiger partial charge in [-0.2, -0.15) is 22.1 Å². The minimum Gasteiger partial charge on any atom is -0.340 e. The molecule has 3 rings (SSSR count). The van der Waals surface area contributed by atoms with Crippen LogP contribution in [0.3, 0.4) is 0 Å². The zero-order valence-electron chi connectivity index (χ0n) is 15.9. The van der Waals surface area contributed by atoms with Crippen molar-refractivity contribution in [3.63, 3.8) is 0 Å². The van der Waals surface area contributed by atoms with Crippen LogP contribution in [-0.2, 0) is 20.2 Å². The first-order valence-corrected chi connectivity index (χ1v) is 11.5. The summed E-state index contributed by atoms with van der Waals surface area (Å²) in [5.41, 5.74) is 1.34. The third-order valence-corrected chi connectivity index (χ3v) is 5.83. The lowest BCUT2D eigenvalue weighted by Crippen LogP contribution is -2.05. The van der Waals surface area contributed by atoms with Gasteiger partial charge in [-0.05, 0) is 55.0 Å². The summed E-state index contributed by atoms with van der Waals surface area (Å²) in [4.78, 5) is 3.68. The molecule has 0 amide bonds. The van der Waals surface area contributed by atoms with Gasteiger partial charge in [-0.15, -0.1) is 0 Å². The molecule has 0 saturated carbocycles. The van der Waals surface area contributed by atoms with Crippen LogP contribution in [0.25, 0.3) is 0 Å². The van der Waals surface area contributed by atoms with Crippen LogP contribution >= 0.6 is 0 Å². The van der Waals surface area contributed by atoms with Crippen molar-refractivity contribution in [1.29, 1.82) is 5.26 Å². The standard InChI is InChI=1S/C19H16N4O6S2/c1-12-8-18(21-13-4-2-6-15(9-13)30(24,25)26)23-19(17(12)11-20)22-14-5-3-7-16(10-14)31(27,28)29/h2-10H,1H3,(H2,21,22,23)(H,24,25,26)(H,27,28,29). The summed E-state index contributed by atoms with van der Waals surface area (Å²) in [5.74, 6) is 0.376. The quantitative estimate of drug-likeness (QED) is 0.400. The summed E-state index contributed by atoms with van der Waals surface area (Å²) in [6.45, 7) is 1.67. The molecule has 12 heteroatoms. The van der Waals surface area contributed by atoms with Gasteiger partial charge in [0.05, 0.1) is 15.4 Å². The van der Waals surface area contributed by atoms with Crippen LogP contribution in [0, 0.1) is 18.3 Å². The molecular weight excluding hydrogens is 444 g/mol. The average molecular weight is 460 g/mol. The fraction of sp³-hybridized carbons (Fsp3) is 0.0526. The number of nitriles is 1. The van der Waals surface area contributed by atoms with Crippen molar-refractivity contribution in [3.8, 4) is 6.07 Å². The van der Waals surface area contributed by atoms with Crippen molar-refractivity contribution < 1.29 is 25.9 Å². The van der Waals surface area contributed by atoms with E-state index in [9.17, 15) is 31.2 Å². The Balaban J connectivity index is 1.99. The second-order valence-corrected chi connectivity index (χ2v) is 9.26. The minimum atomic E-state index is -4.41. The van der Waals surface area contributed by atoms with Gasteiger partial charge in [0.15, 0.2) is 5.82 Å². The largest absolute Gasteiger partial charge is 0.340 e. The molecule has 0 fully saturated rings. The molecule has 31 heavy (non-hydrogen) atoms. The van der Waals surface area contributed by atoms with Crippen LogP contribution in [-0.4, -0.2) is 30.9 Å². The number of aryl methyl sites for hydroxylation is 1. The number of rotatable bonds is 6. The van der Waals surface area contributed by atoms with Gasteiger partial charge in [0, 0.05) is 11.4 Å². The van der Waals surface area contributed by atoms with Crippen molar-refractivity contribution in [2.75, 3.05) is 10.6 Å². The second kappa shape index (κ2) is 8.32. The Hall–Kier alpha value is -3.50. The number of benzene rings is 2. The van der Waals surface area contributed by atoms with Gasteiger partial charge in [-0.3, -0.25) is 9.11 Å². The topological polar surface area (TPSA) is 169 Å². The molecule has 160 valence electrons. The number of pyridine rings is 1. The molecule has 0 radical (unpaired) electrons. The molecule has 10 nitrogen and oxygen atoms in total. The van der Waals surface area contributed by atoms with Crippen LogP contribution in [0.4, 0.5) is 23.0 Å². The molecule has 0 spiro atoms. The van der Waals surface area contributed by atoms with Crippen LogP contribution < -0.4 is 10.6 Å². The number of nitrogens with one attached hydrogen (secondary N) is 2. The van der Waals surface area contributed by atoms with Gasteiger partial charge in [0.1, 0.15) is 11.9 Å². The van der Waals surface area contributed by atoms with E-state index in [2.05, 4.69) is 15.6 Å². The zero-order valence-corrected chi connectivity index (χ0v) is 17.6. The van der Waals surface area contributed by atoms with E-state index >= 15 is 0 Å². The molecule has 1 heterocycles. The number of nitrogens with zero attached hydrogens (tertiary/aromatic N) is 2. The second-order valence-electron chi connectivity index (χ2n) is 6.42. The highest BCUT2D eigenvalue weighted by Crippen LogP contribution is 2.27. The molecule has 0 aliphatic heterocycles. The summed E-state index contributed by atoms with van der Waals surface area (Å²) in [7, 11) is -8.80.